The summed E-state index contributed by atoms with van der Waals surface area (Å²) in [6.07, 6.45) is 0. The monoisotopic (exact) mass is 372 g/mol. The third-order valence-electron chi connectivity index (χ3n) is 5.85. The third-order valence-corrected chi connectivity index (χ3v) is 14.6. The van der Waals surface area contributed by atoms with Gasteiger partial charge in [-0.3, -0.25) is 0 Å². The highest BCUT2D eigenvalue weighted by Gasteiger charge is 2.48. The highest BCUT2D eigenvalue weighted by molar-refractivity contribution is 6.81. The maximum atomic E-state index is 6.00. The Morgan fingerprint density at radius 2 is 1.33 bits per heavy atom. The van der Waals surface area contributed by atoms with Gasteiger partial charge in [0.15, 0.2) is 9.76 Å². The summed E-state index contributed by atoms with van der Waals surface area (Å²) in [4.78, 5) is 2.68. The summed E-state index contributed by atoms with van der Waals surface area (Å²) >= 11 is 0. The molecule has 3 nitrogen and oxygen atoms in total. The SMILES string of the molecule is CC(C)[Si](C(C)C)(C(C)C)N1CCN(CC[SiH2]OC(C)(C)C)CC1. The zero-order valence-electron chi connectivity index (χ0n) is 18.0. The minimum atomic E-state index is -1.43. The number of rotatable bonds is 8. The Morgan fingerprint density at radius 3 is 1.71 bits per heavy atom. The van der Waals surface area contributed by atoms with E-state index >= 15 is 0 Å². The molecular weight excluding hydrogens is 328 g/mol. The Kier molecular flexibility index (Phi) is 8.67. The van der Waals surface area contributed by atoms with Crippen LogP contribution in [-0.2, 0) is 4.43 Å². The standard InChI is InChI=1S/C19H44N2OSi2/c1-16(2)24(17(3)4,18(5)6)21-12-10-20(11-13-21)14-15-23-22-19(7,8)9/h16-18H,10-15,23H2,1-9H3. The number of hydrogen-bond acceptors (Lipinski definition) is 3. The molecule has 0 aromatic heterocycles. The molecule has 1 fully saturated rings. The average molecular weight is 373 g/mol. The summed E-state index contributed by atoms with van der Waals surface area (Å²) in [6.45, 7) is 27.7. The molecule has 144 valence electrons. The van der Waals surface area contributed by atoms with Crippen molar-refractivity contribution < 1.29 is 4.43 Å². The molecule has 0 atom stereocenters. The number of nitrogens with zero attached hydrogens (tertiary/aromatic N) is 2. The molecular formula is C19H44N2OSi2. The predicted molar refractivity (Wildman–Crippen MR) is 113 cm³/mol. The molecule has 1 aliphatic heterocycles. The molecule has 1 heterocycles. The van der Waals surface area contributed by atoms with Gasteiger partial charge in [-0.1, -0.05) is 41.5 Å². The molecule has 24 heavy (non-hydrogen) atoms. The normalized spacial score (nSPS) is 19.5. The van der Waals surface area contributed by atoms with Gasteiger partial charge in [-0.2, -0.15) is 0 Å². The first-order valence-corrected chi connectivity index (χ1v) is 13.9. The molecule has 0 N–H and O–H groups in total. The van der Waals surface area contributed by atoms with Gasteiger partial charge < -0.3 is 13.9 Å². The molecule has 0 amide bonds. The molecule has 0 spiro atoms. The van der Waals surface area contributed by atoms with Crippen LogP contribution < -0.4 is 0 Å². The van der Waals surface area contributed by atoms with Crippen molar-refractivity contribution in [2.45, 2.75) is 90.6 Å². The fourth-order valence-electron chi connectivity index (χ4n) is 5.12. The zero-order valence-corrected chi connectivity index (χ0v) is 20.4. The van der Waals surface area contributed by atoms with Crippen molar-refractivity contribution >= 4 is 18.0 Å². The lowest BCUT2D eigenvalue weighted by Crippen LogP contribution is -2.65. The Hall–Kier alpha value is 0.314. The van der Waals surface area contributed by atoms with Crippen LogP contribution in [-0.4, -0.2) is 65.8 Å². The fourth-order valence-corrected chi connectivity index (χ4v) is 13.6. The topological polar surface area (TPSA) is 15.7 Å². The van der Waals surface area contributed by atoms with E-state index in [2.05, 4.69) is 71.8 Å². The Labute approximate surface area is 155 Å². The second-order valence-electron chi connectivity index (χ2n) is 9.49. The van der Waals surface area contributed by atoms with E-state index in [1.54, 1.807) is 0 Å². The molecule has 0 unspecified atom stereocenters. The van der Waals surface area contributed by atoms with Gasteiger partial charge in [0.1, 0.15) is 8.24 Å². The van der Waals surface area contributed by atoms with Crippen molar-refractivity contribution in [3.8, 4) is 0 Å². The third kappa shape index (κ3) is 5.66. The summed E-state index contributed by atoms with van der Waals surface area (Å²) in [5, 5.41) is 0. The van der Waals surface area contributed by atoms with Gasteiger partial charge in [0.25, 0.3) is 0 Å². The minimum Gasteiger partial charge on any atom is -0.419 e. The smallest absolute Gasteiger partial charge is 0.163 e. The molecule has 0 aliphatic carbocycles. The molecule has 0 aromatic rings. The van der Waals surface area contributed by atoms with Crippen LogP contribution in [0.3, 0.4) is 0 Å². The number of piperazine rings is 1. The lowest BCUT2D eigenvalue weighted by atomic mass is 10.2. The molecule has 1 rings (SSSR count). The van der Waals surface area contributed by atoms with E-state index in [-0.39, 0.29) is 15.4 Å². The van der Waals surface area contributed by atoms with Gasteiger partial charge in [-0.25, -0.2) is 0 Å². The van der Waals surface area contributed by atoms with E-state index in [1.807, 2.05) is 0 Å². The van der Waals surface area contributed by atoms with Gasteiger partial charge in [-0.15, -0.1) is 0 Å². The molecule has 0 saturated carbocycles. The van der Waals surface area contributed by atoms with Crippen LogP contribution in [0.25, 0.3) is 0 Å². The van der Waals surface area contributed by atoms with Crippen LogP contribution in [0.4, 0.5) is 0 Å². The molecule has 5 heteroatoms. The summed E-state index contributed by atoms with van der Waals surface area (Å²) in [5.41, 5.74) is 2.55. The van der Waals surface area contributed by atoms with Crippen molar-refractivity contribution in [3.05, 3.63) is 0 Å². The van der Waals surface area contributed by atoms with Crippen LogP contribution in [0.15, 0.2) is 0 Å². The van der Waals surface area contributed by atoms with E-state index in [0.29, 0.717) is 0 Å². The van der Waals surface area contributed by atoms with Crippen LogP contribution in [0, 0.1) is 0 Å². The van der Waals surface area contributed by atoms with Crippen LogP contribution in [0.5, 0.6) is 0 Å². The summed E-state index contributed by atoms with van der Waals surface area (Å²) in [6, 6.07) is 1.29. The second kappa shape index (κ2) is 9.31. The lowest BCUT2D eigenvalue weighted by molar-refractivity contribution is 0.134. The quantitative estimate of drug-likeness (QED) is 0.471. The summed E-state index contributed by atoms with van der Waals surface area (Å²) in [5.74, 6) is 0. The Morgan fingerprint density at radius 1 is 0.875 bits per heavy atom. The maximum Gasteiger partial charge on any atom is 0.163 e. The zero-order chi connectivity index (χ0) is 18.5. The van der Waals surface area contributed by atoms with E-state index in [1.165, 1.54) is 38.8 Å². The highest BCUT2D eigenvalue weighted by atomic mass is 28.3. The molecule has 0 bridgehead atoms. The fraction of sp³-hybridized carbons (Fsp3) is 1.00. The van der Waals surface area contributed by atoms with Gasteiger partial charge >= 0.3 is 0 Å². The predicted octanol–water partition coefficient (Wildman–Crippen LogP) is 4.10. The van der Waals surface area contributed by atoms with Crippen molar-refractivity contribution in [1.82, 2.24) is 9.47 Å². The first-order chi connectivity index (χ1) is 11.0. The first-order valence-electron chi connectivity index (χ1n) is 10.1. The Balaban J connectivity index is 2.54. The van der Waals surface area contributed by atoms with Crippen molar-refractivity contribution in [3.63, 3.8) is 0 Å². The van der Waals surface area contributed by atoms with E-state index < -0.39 is 8.24 Å². The van der Waals surface area contributed by atoms with E-state index in [9.17, 15) is 0 Å². The van der Waals surface area contributed by atoms with Crippen molar-refractivity contribution in [2.24, 2.45) is 0 Å². The number of hydrogen-bond donors (Lipinski definition) is 0. The Bertz CT molecular complexity index is 337. The van der Waals surface area contributed by atoms with Crippen molar-refractivity contribution in [1.29, 1.82) is 0 Å². The largest absolute Gasteiger partial charge is 0.419 e. The highest BCUT2D eigenvalue weighted by Crippen LogP contribution is 2.44. The van der Waals surface area contributed by atoms with Gasteiger partial charge in [0.2, 0.25) is 0 Å². The molecule has 1 aliphatic rings. The van der Waals surface area contributed by atoms with Gasteiger partial charge in [0, 0.05) is 31.8 Å². The average Bonchev–Trinajstić information content (AvgIpc) is 2.43. The molecule has 0 radical (unpaired) electrons. The van der Waals surface area contributed by atoms with Crippen LogP contribution in [0.1, 0.15) is 62.3 Å². The lowest BCUT2D eigenvalue weighted by Gasteiger charge is -2.53. The molecule has 0 aromatic carbocycles. The van der Waals surface area contributed by atoms with Crippen LogP contribution >= 0.6 is 0 Å². The first kappa shape index (κ1) is 22.4. The van der Waals surface area contributed by atoms with Crippen LogP contribution in [0.2, 0.25) is 22.7 Å². The second-order valence-corrected chi connectivity index (χ2v) is 16.8. The van der Waals surface area contributed by atoms with Gasteiger partial charge in [0.05, 0.1) is 0 Å². The molecule has 1 saturated heterocycles. The summed E-state index contributed by atoms with van der Waals surface area (Å²) < 4.78 is 8.95. The van der Waals surface area contributed by atoms with E-state index in [4.69, 9.17) is 4.43 Å². The van der Waals surface area contributed by atoms with Gasteiger partial charge in [-0.05, 0) is 50.0 Å². The van der Waals surface area contributed by atoms with E-state index in [0.717, 1.165) is 16.6 Å². The minimum absolute atomic E-state index is 0.0575. The summed E-state index contributed by atoms with van der Waals surface area (Å²) in [7, 11) is -1.79. The maximum absolute atomic E-state index is 6.00. The van der Waals surface area contributed by atoms with Crippen molar-refractivity contribution in [2.75, 3.05) is 32.7 Å².